The van der Waals surface area contributed by atoms with Crippen molar-refractivity contribution in [3.05, 3.63) is 65.7 Å². The standard InChI is InChI=1S/C24H31N5O3/c1-18-10-12-20(13-11-18)29(24(22(25)31)14-6-3-7-15-24)21(30)17-27-28-23(32)26-16-19-8-4-2-5-9-19/h2,4-5,8-13,27H,3,6-7,14-17H2,1H3,(H2,25,31)(H2,26,28,32). The Kier molecular flexibility index (Phi) is 7.83. The lowest BCUT2D eigenvalue weighted by atomic mass is 9.79. The van der Waals surface area contributed by atoms with E-state index in [2.05, 4.69) is 16.2 Å². The van der Waals surface area contributed by atoms with E-state index in [4.69, 9.17) is 5.73 Å². The molecule has 1 aliphatic carbocycles. The molecule has 8 nitrogen and oxygen atoms in total. The van der Waals surface area contributed by atoms with Gasteiger partial charge in [0.25, 0.3) is 0 Å². The first-order chi connectivity index (χ1) is 15.4. The second kappa shape index (κ2) is 10.8. The fraction of sp³-hybridized carbons (Fsp3) is 0.375. The zero-order chi connectivity index (χ0) is 23.0. The first-order valence-electron chi connectivity index (χ1n) is 10.9. The molecule has 1 fully saturated rings. The Labute approximate surface area is 188 Å². The number of nitrogens with one attached hydrogen (secondary N) is 3. The highest BCUT2D eigenvalue weighted by Crippen LogP contribution is 2.37. The molecular weight excluding hydrogens is 406 g/mol. The van der Waals surface area contributed by atoms with E-state index in [0.717, 1.165) is 30.4 Å². The summed E-state index contributed by atoms with van der Waals surface area (Å²) >= 11 is 0. The van der Waals surface area contributed by atoms with Crippen molar-refractivity contribution in [2.24, 2.45) is 5.73 Å². The minimum absolute atomic E-state index is 0.179. The minimum Gasteiger partial charge on any atom is -0.368 e. The number of carbonyl (C=O) groups is 3. The lowest BCUT2D eigenvalue weighted by molar-refractivity contribution is -0.129. The van der Waals surface area contributed by atoms with E-state index in [1.165, 1.54) is 4.90 Å². The fourth-order valence-electron chi connectivity index (χ4n) is 4.14. The number of aryl methyl sites for hydroxylation is 1. The maximum absolute atomic E-state index is 13.3. The van der Waals surface area contributed by atoms with Gasteiger partial charge in [-0.25, -0.2) is 10.2 Å². The molecule has 32 heavy (non-hydrogen) atoms. The zero-order valence-electron chi connectivity index (χ0n) is 18.4. The highest BCUT2D eigenvalue weighted by Gasteiger charge is 2.46. The van der Waals surface area contributed by atoms with Gasteiger partial charge in [0.1, 0.15) is 5.54 Å². The summed E-state index contributed by atoms with van der Waals surface area (Å²) < 4.78 is 0. The molecule has 0 bridgehead atoms. The van der Waals surface area contributed by atoms with Gasteiger partial charge in [-0.1, -0.05) is 67.3 Å². The van der Waals surface area contributed by atoms with Crippen LogP contribution in [0.15, 0.2) is 54.6 Å². The van der Waals surface area contributed by atoms with Crippen molar-refractivity contribution in [1.82, 2.24) is 16.2 Å². The number of nitrogens with zero attached hydrogens (tertiary/aromatic N) is 1. The van der Waals surface area contributed by atoms with Gasteiger partial charge in [-0.15, -0.1) is 0 Å². The minimum atomic E-state index is -1.07. The average molecular weight is 438 g/mol. The summed E-state index contributed by atoms with van der Waals surface area (Å²) in [7, 11) is 0. The van der Waals surface area contributed by atoms with Crippen molar-refractivity contribution in [2.75, 3.05) is 11.4 Å². The Morgan fingerprint density at radius 1 is 0.969 bits per heavy atom. The predicted molar refractivity (Wildman–Crippen MR) is 123 cm³/mol. The molecule has 0 aromatic heterocycles. The van der Waals surface area contributed by atoms with Crippen molar-refractivity contribution < 1.29 is 14.4 Å². The maximum atomic E-state index is 13.3. The van der Waals surface area contributed by atoms with Crippen LogP contribution < -0.4 is 26.8 Å². The summed E-state index contributed by atoms with van der Waals surface area (Å²) in [5.74, 6) is -0.836. The van der Waals surface area contributed by atoms with Crippen molar-refractivity contribution >= 4 is 23.5 Å². The van der Waals surface area contributed by atoms with Crippen LogP contribution in [0.25, 0.3) is 0 Å². The molecule has 170 valence electrons. The number of benzene rings is 2. The molecule has 5 N–H and O–H groups in total. The van der Waals surface area contributed by atoms with Crippen LogP contribution in [0.3, 0.4) is 0 Å². The number of rotatable bonds is 8. The molecule has 8 heteroatoms. The molecule has 2 aromatic carbocycles. The molecule has 1 saturated carbocycles. The third kappa shape index (κ3) is 5.64. The Balaban J connectivity index is 1.66. The molecule has 0 aliphatic heterocycles. The molecule has 2 aromatic rings. The van der Waals surface area contributed by atoms with Crippen molar-refractivity contribution in [3.63, 3.8) is 0 Å². The smallest absolute Gasteiger partial charge is 0.329 e. The summed E-state index contributed by atoms with van der Waals surface area (Å²) in [6, 6.07) is 16.5. The number of hydrogen-bond acceptors (Lipinski definition) is 4. The molecular formula is C24H31N5O3. The Morgan fingerprint density at radius 3 is 2.25 bits per heavy atom. The third-order valence-electron chi connectivity index (χ3n) is 5.85. The second-order valence-corrected chi connectivity index (χ2v) is 8.17. The maximum Gasteiger partial charge on any atom is 0.329 e. The van der Waals surface area contributed by atoms with Gasteiger partial charge in [0, 0.05) is 12.2 Å². The van der Waals surface area contributed by atoms with Crippen molar-refractivity contribution in [3.8, 4) is 0 Å². The number of nitrogens with two attached hydrogens (primary N) is 1. The SMILES string of the molecule is Cc1ccc(N(C(=O)CNNC(=O)NCc2ccccc2)C2(C(N)=O)CCCCC2)cc1. The molecule has 0 unspecified atom stereocenters. The highest BCUT2D eigenvalue weighted by atomic mass is 16.2. The van der Waals surface area contributed by atoms with Gasteiger partial charge in [0.05, 0.1) is 6.54 Å². The average Bonchev–Trinajstić information content (AvgIpc) is 2.80. The van der Waals surface area contributed by atoms with E-state index in [9.17, 15) is 14.4 Å². The number of urea groups is 1. The molecule has 0 saturated heterocycles. The molecule has 0 heterocycles. The van der Waals surface area contributed by atoms with Crippen LogP contribution in [-0.2, 0) is 16.1 Å². The third-order valence-corrected chi connectivity index (χ3v) is 5.85. The van der Waals surface area contributed by atoms with Crippen LogP contribution in [0.2, 0.25) is 0 Å². The summed E-state index contributed by atoms with van der Waals surface area (Å²) in [6.07, 6.45) is 3.70. The molecule has 0 atom stereocenters. The number of amides is 4. The van der Waals surface area contributed by atoms with E-state index >= 15 is 0 Å². The normalized spacial score (nSPS) is 14.9. The molecule has 1 aliphatic rings. The van der Waals surface area contributed by atoms with E-state index in [-0.39, 0.29) is 12.5 Å². The van der Waals surface area contributed by atoms with E-state index in [0.29, 0.717) is 25.1 Å². The zero-order valence-corrected chi connectivity index (χ0v) is 18.4. The monoisotopic (exact) mass is 437 g/mol. The van der Waals surface area contributed by atoms with Crippen LogP contribution in [-0.4, -0.2) is 29.9 Å². The number of primary amides is 1. The number of carbonyl (C=O) groups excluding carboxylic acids is 3. The van der Waals surface area contributed by atoms with Gasteiger partial charge >= 0.3 is 6.03 Å². The summed E-state index contributed by atoms with van der Waals surface area (Å²) in [4.78, 5) is 39.5. The number of hydrogen-bond donors (Lipinski definition) is 4. The first-order valence-corrected chi connectivity index (χ1v) is 10.9. The number of hydrazine groups is 1. The van der Waals surface area contributed by atoms with Gasteiger partial charge in [-0.05, 0) is 37.5 Å². The van der Waals surface area contributed by atoms with Crippen LogP contribution in [0.1, 0.15) is 43.2 Å². The second-order valence-electron chi connectivity index (χ2n) is 8.17. The quantitative estimate of drug-likeness (QED) is 0.475. The van der Waals surface area contributed by atoms with Crippen LogP contribution >= 0.6 is 0 Å². The Morgan fingerprint density at radius 2 is 1.62 bits per heavy atom. The van der Waals surface area contributed by atoms with E-state index in [1.54, 1.807) is 0 Å². The fourth-order valence-corrected chi connectivity index (χ4v) is 4.14. The topological polar surface area (TPSA) is 117 Å². The van der Waals surface area contributed by atoms with E-state index in [1.807, 2.05) is 61.5 Å². The summed E-state index contributed by atoms with van der Waals surface area (Å²) in [5.41, 5.74) is 12.6. The largest absolute Gasteiger partial charge is 0.368 e. The molecule has 0 spiro atoms. The predicted octanol–water partition coefficient (Wildman–Crippen LogP) is 2.52. The molecule has 3 rings (SSSR count). The lowest BCUT2D eigenvalue weighted by Gasteiger charge is -2.44. The van der Waals surface area contributed by atoms with Gasteiger partial charge in [-0.2, -0.15) is 0 Å². The highest BCUT2D eigenvalue weighted by molar-refractivity contribution is 6.04. The lowest BCUT2D eigenvalue weighted by Crippen LogP contribution is -2.63. The number of anilines is 1. The Bertz CT molecular complexity index is 924. The Hall–Kier alpha value is -3.39. The van der Waals surface area contributed by atoms with E-state index < -0.39 is 17.5 Å². The van der Waals surface area contributed by atoms with Crippen molar-refractivity contribution in [2.45, 2.75) is 51.1 Å². The molecule has 4 amide bonds. The van der Waals surface area contributed by atoms with Crippen molar-refractivity contribution in [1.29, 1.82) is 0 Å². The first kappa shape index (κ1) is 23.3. The van der Waals surface area contributed by atoms with Crippen LogP contribution in [0.5, 0.6) is 0 Å². The summed E-state index contributed by atoms with van der Waals surface area (Å²) in [6.45, 7) is 2.14. The summed E-state index contributed by atoms with van der Waals surface area (Å²) in [5, 5.41) is 2.72. The van der Waals surface area contributed by atoms with Crippen LogP contribution in [0, 0.1) is 6.92 Å². The van der Waals surface area contributed by atoms with Gasteiger partial charge in [0.2, 0.25) is 11.8 Å². The van der Waals surface area contributed by atoms with Crippen LogP contribution in [0.4, 0.5) is 10.5 Å². The van der Waals surface area contributed by atoms with Gasteiger partial charge < -0.3 is 11.1 Å². The van der Waals surface area contributed by atoms with Gasteiger partial charge in [0.15, 0.2) is 0 Å². The van der Waals surface area contributed by atoms with Gasteiger partial charge in [-0.3, -0.25) is 19.9 Å². The molecule has 0 radical (unpaired) electrons.